The highest BCUT2D eigenvalue weighted by atomic mass is 15.2. The molecule has 432 valence electrons. The SMILES string of the molecule is CC(C)(C)c1ccc2c(c1)c1ccccc1n2-c1c(-c2ccccc2)ccc2c1-c1ccc(C3=c4ccccc4=C(N(c4ccc5c(c4)C(C)(C)c4ccccc4-5)c4ccc5c(c4)C(C)(C)c4ccccc4-5)C4CC34)cc1C2(c1ccccc1)c1ccccc1. The molecule has 12 aromatic carbocycles. The van der Waals surface area contributed by atoms with Gasteiger partial charge in [0.1, 0.15) is 0 Å². The van der Waals surface area contributed by atoms with Crippen LogP contribution in [0.4, 0.5) is 11.4 Å². The predicted octanol–water partition coefficient (Wildman–Crippen LogP) is 20.5. The molecule has 90 heavy (non-hydrogen) atoms. The second-order valence-electron chi connectivity index (χ2n) is 28.3. The molecule has 0 aliphatic heterocycles. The van der Waals surface area contributed by atoms with E-state index in [1.807, 2.05) is 0 Å². The van der Waals surface area contributed by atoms with Gasteiger partial charge < -0.3 is 9.47 Å². The Labute approximate surface area is 528 Å². The van der Waals surface area contributed by atoms with Crippen LogP contribution in [0.3, 0.4) is 0 Å². The van der Waals surface area contributed by atoms with Crippen molar-refractivity contribution in [3.05, 3.63) is 339 Å². The highest BCUT2D eigenvalue weighted by Gasteiger charge is 2.51. The molecule has 18 rings (SSSR count). The number of fused-ring (bicyclic) bond motifs is 14. The molecule has 2 unspecified atom stereocenters. The highest BCUT2D eigenvalue weighted by molar-refractivity contribution is 6.12. The quantitative estimate of drug-likeness (QED) is 0.147. The Morgan fingerprint density at radius 3 is 1.53 bits per heavy atom. The summed E-state index contributed by atoms with van der Waals surface area (Å²) in [6.45, 7) is 16.6. The largest absolute Gasteiger partial charge is 0.313 e. The first-order valence-corrected chi connectivity index (χ1v) is 32.5. The van der Waals surface area contributed by atoms with Crippen molar-refractivity contribution in [2.45, 2.75) is 76.5 Å². The van der Waals surface area contributed by atoms with E-state index < -0.39 is 5.41 Å². The van der Waals surface area contributed by atoms with Gasteiger partial charge in [0.05, 0.1) is 22.1 Å². The minimum atomic E-state index is -0.668. The maximum atomic E-state index is 2.69. The van der Waals surface area contributed by atoms with Crippen LogP contribution in [-0.2, 0) is 21.7 Å². The van der Waals surface area contributed by atoms with Crippen molar-refractivity contribution in [2.24, 2.45) is 11.8 Å². The third-order valence-corrected chi connectivity index (χ3v) is 21.7. The number of para-hydroxylation sites is 1. The molecule has 0 spiro atoms. The molecule has 5 aliphatic carbocycles. The van der Waals surface area contributed by atoms with Crippen LogP contribution in [-0.4, -0.2) is 4.57 Å². The summed E-state index contributed by atoms with van der Waals surface area (Å²) in [5, 5.41) is 5.18. The Bertz CT molecular complexity index is 5170. The van der Waals surface area contributed by atoms with Gasteiger partial charge >= 0.3 is 0 Å². The van der Waals surface area contributed by atoms with Crippen LogP contribution in [0.15, 0.2) is 273 Å². The summed E-state index contributed by atoms with van der Waals surface area (Å²) >= 11 is 0. The number of hydrogen-bond donors (Lipinski definition) is 0. The lowest BCUT2D eigenvalue weighted by Gasteiger charge is -2.35. The fourth-order valence-electron chi connectivity index (χ4n) is 17.4. The van der Waals surface area contributed by atoms with Gasteiger partial charge in [0.15, 0.2) is 0 Å². The number of benzene rings is 12. The first kappa shape index (κ1) is 53.0. The summed E-state index contributed by atoms with van der Waals surface area (Å²) in [7, 11) is 0. The van der Waals surface area contributed by atoms with E-state index in [0.717, 1.165) is 6.42 Å². The van der Waals surface area contributed by atoms with Gasteiger partial charge in [-0.1, -0.05) is 273 Å². The lowest BCUT2D eigenvalue weighted by Crippen LogP contribution is -2.38. The van der Waals surface area contributed by atoms with Crippen LogP contribution in [0.1, 0.15) is 111 Å². The maximum Gasteiger partial charge on any atom is 0.0714 e. The van der Waals surface area contributed by atoms with Crippen molar-refractivity contribution in [1.82, 2.24) is 4.57 Å². The van der Waals surface area contributed by atoms with Crippen LogP contribution in [0.5, 0.6) is 0 Å². The predicted molar refractivity (Wildman–Crippen MR) is 376 cm³/mol. The maximum absolute atomic E-state index is 2.69. The molecule has 13 aromatic rings. The van der Waals surface area contributed by atoms with Gasteiger partial charge in [-0.3, -0.25) is 0 Å². The molecule has 1 fully saturated rings. The van der Waals surface area contributed by atoms with E-state index in [9.17, 15) is 0 Å². The Hall–Kier alpha value is -10.0. The average molecular weight is 1160 g/mol. The van der Waals surface area contributed by atoms with E-state index in [0.29, 0.717) is 11.8 Å². The van der Waals surface area contributed by atoms with E-state index >= 15 is 0 Å². The molecule has 1 saturated carbocycles. The molecule has 0 amide bonds. The molecule has 0 N–H and O–H groups in total. The first-order chi connectivity index (χ1) is 43.8. The summed E-state index contributed by atoms with van der Waals surface area (Å²) in [5.41, 5.74) is 31.6. The van der Waals surface area contributed by atoms with Crippen LogP contribution in [0.25, 0.3) is 83.3 Å². The molecule has 0 saturated heterocycles. The van der Waals surface area contributed by atoms with Gasteiger partial charge in [0.25, 0.3) is 0 Å². The van der Waals surface area contributed by atoms with Crippen molar-refractivity contribution >= 4 is 44.5 Å². The average Bonchev–Trinajstić information content (AvgIpc) is 1.53. The zero-order valence-corrected chi connectivity index (χ0v) is 52.2. The van der Waals surface area contributed by atoms with Gasteiger partial charge in [-0.25, -0.2) is 0 Å². The van der Waals surface area contributed by atoms with Crippen LogP contribution < -0.4 is 15.3 Å². The monoisotopic (exact) mass is 1150 g/mol. The smallest absolute Gasteiger partial charge is 0.0714 e. The van der Waals surface area contributed by atoms with Crippen molar-refractivity contribution in [2.75, 3.05) is 4.90 Å². The third kappa shape index (κ3) is 7.34. The van der Waals surface area contributed by atoms with Crippen molar-refractivity contribution in [1.29, 1.82) is 0 Å². The zero-order chi connectivity index (χ0) is 60.6. The van der Waals surface area contributed by atoms with Gasteiger partial charge in [-0.2, -0.15) is 0 Å². The summed E-state index contributed by atoms with van der Waals surface area (Å²) in [6.07, 6.45) is 1.06. The fraction of sp³-hybridized carbons (Fsp3) is 0.159. The third-order valence-electron chi connectivity index (χ3n) is 21.7. The van der Waals surface area contributed by atoms with Crippen LogP contribution in [0.2, 0.25) is 0 Å². The lowest BCUT2D eigenvalue weighted by atomic mass is 9.67. The van der Waals surface area contributed by atoms with E-state index in [4.69, 9.17) is 0 Å². The molecular weight excluding hydrogens is 1080 g/mol. The van der Waals surface area contributed by atoms with Gasteiger partial charge in [0.2, 0.25) is 0 Å². The minimum absolute atomic E-state index is 0.0150. The second-order valence-corrected chi connectivity index (χ2v) is 28.3. The van der Waals surface area contributed by atoms with Crippen molar-refractivity contribution in [3.63, 3.8) is 0 Å². The number of nitrogens with zero attached hydrogens (tertiary/aromatic N) is 2. The minimum Gasteiger partial charge on any atom is -0.313 e. The fourth-order valence-corrected chi connectivity index (χ4v) is 17.4. The Morgan fingerprint density at radius 2 is 0.900 bits per heavy atom. The topological polar surface area (TPSA) is 8.17 Å². The van der Waals surface area contributed by atoms with Gasteiger partial charge in [0, 0.05) is 60.9 Å². The lowest BCUT2D eigenvalue weighted by molar-refractivity contribution is 0.591. The Morgan fingerprint density at radius 1 is 0.378 bits per heavy atom. The number of anilines is 2. The Balaban J connectivity index is 0.913. The summed E-state index contributed by atoms with van der Waals surface area (Å²) < 4.78 is 2.62. The zero-order valence-electron chi connectivity index (χ0n) is 52.2. The first-order valence-electron chi connectivity index (χ1n) is 32.5. The molecule has 2 heteroatoms. The molecule has 0 bridgehead atoms. The Kier molecular flexibility index (Phi) is 11.2. The van der Waals surface area contributed by atoms with Crippen molar-refractivity contribution < 1.29 is 0 Å². The van der Waals surface area contributed by atoms with Crippen molar-refractivity contribution in [3.8, 4) is 50.2 Å². The molecule has 0 radical (unpaired) electrons. The molecule has 1 aromatic heterocycles. The number of rotatable bonds is 8. The van der Waals surface area contributed by atoms with Crippen LogP contribution in [0, 0.1) is 11.8 Å². The standard InChI is InChI=1S/C88H70N2/c1-85(2,3)58-40-48-80-70(50-58)66-33-21-24-38-79(66)90(80)84-61(54-25-11-8-12-26-54)46-47-75-82(84)69-43-39-55(49-78(69)88(75,56-27-13-9-14-28-56)57-29-15-10-16-30-57)81-67-34-17-18-35-68(67)83(72-53-71(72)81)89(59-41-44-64-62-31-19-22-36-73(62)86(4,5)76(64)51-59)60-42-45-65-63-32-20-23-37-74(63)87(6,7)77(65)52-60/h8-52,71-72H,53H2,1-7H3. The summed E-state index contributed by atoms with van der Waals surface area (Å²) in [6, 6.07) is 105. The van der Waals surface area contributed by atoms with Crippen LogP contribution >= 0.6 is 0 Å². The molecule has 1 heterocycles. The molecule has 5 aliphatic rings. The van der Waals surface area contributed by atoms with Gasteiger partial charge in [-0.15, -0.1) is 0 Å². The van der Waals surface area contributed by atoms with E-state index in [1.165, 1.54) is 161 Å². The molecule has 2 nitrogen and oxygen atoms in total. The molecule has 2 atom stereocenters. The second kappa shape index (κ2) is 19.0. The summed E-state index contributed by atoms with van der Waals surface area (Å²) in [4.78, 5) is 2.69. The van der Waals surface area contributed by atoms with E-state index in [-0.39, 0.29) is 16.2 Å². The van der Waals surface area contributed by atoms with E-state index in [2.05, 4.69) is 331 Å². The molecular formula is C88H70N2. The van der Waals surface area contributed by atoms with Gasteiger partial charge in [-0.05, 0) is 166 Å². The number of aromatic nitrogens is 1. The normalized spacial score (nSPS) is 17.2. The highest BCUT2D eigenvalue weighted by Crippen LogP contribution is 2.62. The van der Waals surface area contributed by atoms with E-state index in [1.54, 1.807) is 0 Å². The summed E-state index contributed by atoms with van der Waals surface area (Å²) in [5.74, 6) is 0.600. The number of hydrogen-bond acceptors (Lipinski definition) is 1.